The number of fused-ring (bicyclic) bond motifs is 2. The molecular weight excluding hydrogens is 474 g/mol. The first-order valence-electron chi connectivity index (χ1n) is 11.9. The first-order chi connectivity index (χ1) is 18.1. The van der Waals surface area contributed by atoms with E-state index in [-0.39, 0.29) is 25.9 Å². The second-order valence-corrected chi connectivity index (χ2v) is 8.36. The molecule has 0 radical (unpaired) electrons. The molecule has 3 heterocycles. The zero-order chi connectivity index (χ0) is 25.8. The number of carbonyl (C=O) groups excluding carboxylic acids is 2. The van der Waals surface area contributed by atoms with Crippen LogP contribution in [-0.2, 0) is 22.6 Å². The van der Waals surface area contributed by atoms with Gasteiger partial charge in [0.25, 0.3) is 5.91 Å². The van der Waals surface area contributed by atoms with E-state index in [0.717, 1.165) is 16.7 Å². The molecule has 0 fully saturated rings. The Balaban J connectivity index is 1.50. The fraction of sp³-hybridized carbons (Fsp3) is 0.222. The third kappa shape index (κ3) is 5.05. The van der Waals surface area contributed by atoms with Gasteiger partial charge in [0.05, 0.1) is 12.2 Å². The number of ether oxygens (including phenoxy) is 3. The number of nitrogens with zero attached hydrogens (tertiary/aromatic N) is 2. The van der Waals surface area contributed by atoms with Crippen molar-refractivity contribution in [1.82, 2.24) is 14.7 Å². The second-order valence-electron chi connectivity index (χ2n) is 8.36. The van der Waals surface area contributed by atoms with Crippen molar-refractivity contribution in [3.63, 3.8) is 0 Å². The highest BCUT2D eigenvalue weighted by Gasteiger charge is 2.22. The number of nitrogens with one attached hydrogen (secondary N) is 2. The zero-order valence-electron chi connectivity index (χ0n) is 20.3. The van der Waals surface area contributed by atoms with Gasteiger partial charge in [-0.1, -0.05) is 24.3 Å². The lowest BCUT2D eigenvalue weighted by molar-refractivity contribution is -0.140. The molecule has 0 bridgehead atoms. The summed E-state index contributed by atoms with van der Waals surface area (Å²) in [6.45, 7) is 2.89. The molecule has 1 amide bonds. The van der Waals surface area contributed by atoms with Crippen LogP contribution in [0.4, 0.5) is 5.82 Å². The van der Waals surface area contributed by atoms with Crippen LogP contribution in [0.3, 0.4) is 0 Å². The molecule has 5 rings (SSSR count). The fourth-order valence-electron chi connectivity index (χ4n) is 4.17. The molecule has 2 aromatic carbocycles. The standard InChI is InChI=1S/C27H27N5O5/c1-2-35-23(33)15-29-26-24(19-8-9-21-22(12-19)37-16-36-21)31-25-20(7-4-10-32(25)26)27(34)30-14-18-6-3-5-17(11-18)13-28/h3-12,29H,2,13-16,28H2,1H3,(H,30,34). The maximum atomic E-state index is 13.2. The van der Waals surface area contributed by atoms with E-state index in [4.69, 9.17) is 24.9 Å². The van der Waals surface area contributed by atoms with Gasteiger partial charge in [0.2, 0.25) is 6.79 Å². The number of benzene rings is 2. The van der Waals surface area contributed by atoms with Crippen molar-refractivity contribution in [2.24, 2.45) is 5.73 Å². The summed E-state index contributed by atoms with van der Waals surface area (Å²) in [4.78, 5) is 30.1. The largest absolute Gasteiger partial charge is 0.465 e. The number of amides is 1. The lowest BCUT2D eigenvalue weighted by atomic mass is 10.1. The Labute approximate surface area is 213 Å². The van der Waals surface area contributed by atoms with E-state index >= 15 is 0 Å². The molecule has 0 aliphatic carbocycles. The van der Waals surface area contributed by atoms with E-state index in [9.17, 15) is 9.59 Å². The van der Waals surface area contributed by atoms with Crippen LogP contribution in [0.2, 0.25) is 0 Å². The van der Waals surface area contributed by atoms with Gasteiger partial charge >= 0.3 is 5.97 Å². The smallest absolute Gasteiger partial charge is 0.325 e. The third-order valence-electron chi connectivity index (χ3n) is 5.93. The summed E-state index contributed by atoms with van der Waals surface area (Å²) in [5, 5.41) is 6.10. The maximum Gasteiger partial charge on any atom is 0.325 e. The van der Waals surface area contributed by atoms with Gasteiger partial charge in [0.1, 0.15) is 18.1 Å². The minimum absolute atomic E-state index is 0.0624. The molecule has 4 N–H and O–H groups in total. The SMILES string of the molecule is CCOC(=O)CNc1c(-c2ccc3c(c2)OCO3)nc2c(C(=O)NCc3cccc(CN)c3)cccn12. The summed E-state index contributed by atoms with van der Waals surface area (Å²) < 4.78 is 17.8. The van der Waals surface area contributed by atoms with Crippen molar-refractivity contribution < 1.29 is 23.8 Å². The highest BCUT2D eigenvalue weighted by molar-refractivity contribution is 6.01. The van der Waals surface area contributed by atoms with Gasteiger partial charge in [-0.2, -0.15) is 0 Å². The molecule has 190 valence electrons. The summed E-state index contributed by atoms with van der Waals surface area (Å²) in [7, 11) is 0. The van der Waals surface area contributed by atoms with Crippen LogP contribution >= 0.6 is 0 Å². The van der Waals surface area contributed by atoms with Gasteiger partial charge in [-0.15, -0.1) is 0 Å². The Bertz CT molecular complexity index is 1470. The maximum absolute atomic E-state index is 13.2. The summed E-state index contributed by atoms with van der Waals surface area (Å²) >= 11 is 0. The molecule has 0 saturated heterocycles. The molecule has 4 aromatic rings. The number of nitrogens with two attached hydrogens (primary N) is 1. The van der Waals surface area contributed by atoms with Crippen LogP contribution in [-0.4, -0.2) is 41.2 Å². The Morgan fingerprint density at radius 1 is 1.08 bits per heavy atom. The highest BCUT2D eigenvalue weighted by Crippen LogP contribution is 2.38. The third-order valence-corrected chi connectivity index (χ3v) is 5.93. The van der Waals surface area contributed by atoms with Crippen LogP contribution in [0, 0.1) is 0 Å². The number of carbonyl (C=O) groups is 2. The fourth-order valence-corrected chi connectivity index (χ4v) is 4.17. The van der Waals surface area contributed by atoms with Crippen LogP contribution < -0.4 is 25.8 Å². The first kappa shape index (κ1) is 24.1. The minimum Gasteiger partial charge on any atom is -0.465 e. The predicted octanol–water partition coefficient (Wildman–Crippen LogP) is 3.09. The van der Waals surface area contributed by atoms with Crippen molar-refractivity contribution in [3.05, 3.63) is 77.5 Å². The topological polar surface area (TPSA) is 129 Å². The molecule has 0 spiro atoms. The van der Waals surface area contributed by atoms with E-state index in [1.54, 1.807) is 35.7 Å². The first-order valence-corrected chi connectivity index (χ1v) is 11.9. The number of anilines is 1. The zero-order valence-corrected chi connectivity index (χ0v) is 20.3. The molecule has 1 aliphatic heterocycles. The number of pyridine rings is 1. The van der Waals surface area contributed by atoms with Gasteiger partial charge in [0, 0.05) is 24.8 Å². The lowest BCUT2D eigenvalue weighted by Gasteiger charge is -2.10. The summed E-state index contributed by atoms with van der Waals surface area (Å²) in [5.74, 6) is 1.12. The summed E-state index contributed by atoms with van der Waals surface area (Å²) in [6.07, 6.45) is 1.79. The average Bonchev–Trinajstić information content (AvgIpc) is 3.54. The quantitative estimate of drug-likeness (QED) is 0.299. The van der Waals surface area contributed by atoms with Crippen LogP contribution in [0.5, 0.6) is 11.5 Å². The Morgan fingerprint density at radius 2 is 1.92 bits per heavy atom. The highest BCUT2D eigenvalue weighted by atomic mass is 16.7. The molecule has 0 atom stereocenters. The number of hydrogen-bond acceptors (Lipinski definition) is 8. The van der Waals surface area contributed by atoms with E-state index in [0.29, 0.717) is 47.3 Å². The Kier molecular flexibility index (Phi) is 6.91. The Hall–Kier alpha value is -4.57. The van der Waals surface area contributed by atoms with Crippen molar-refractivity contribution in [2.45, 2.75) is 20.0 Å². The lowest BCUT2D eigenvalue weighted by Crippen LogP contribution is -2.23. The molecule has 10 nitrogen and oxygen atoms in total. The Morgan fingerprint density at radius 3 is 2.76 bits per heavy atom. The number of esters is 1. The molecule has 0 unspecified atom stereocenters. The van der Waals surface area contributed by atoms with Crippen LogP contribution in [0.25, 0.3) is 16.9 Å². The minimum atomic E-state index is -0.400. The normalized spacial score (nSPS) is 11.9. The van der Waals surface area contributed by atoms with Crippen molar-refractivity contribution in [2.75, 3.05) is 25.3 Å². The molecule has 0 saturated carbocycles. The average molecular weight is 502 g/mol. The molecule has 10 heteroatoms. The van der Waals surface area contributed by atoms with Gasteiger partial charge in [-0.3, -0.25) is 14.0 Å². The number of hydrogen-bond donors (Lipinski definition) is 3. The van der Waals surface area contributed by atoms with E-state index in [2.05, 4.69) is 10.6 Å². The van der Waals surface area contributed by atoms with Gasteiger partial charge < -0.3 is 30.6 Å². The number of aromatic nitrogens is 2. The van der Waals surface area contributed by atoms with Gasteiger partial charge in [-0.05, 0) is 48.4 Å². The van der Waals surface area contributed by atoms with Gasteiger partial charge in [0.15, 0.2) is 17.1 Å². The predicted molar refractivity (Wildman–Crippen MR) is 137 cm³/mol. The van der Waals surface area contributed by atoms with Gasteiger partial charge in [-0.25, -0.2) is 4.98 Å². The van der Waals surface area contributed by atoms with E-state index in [1.165, 1.54) is 0 Å². The molecular formula is C27H27N5O5. The number of imidazole rings is 1. The van der Waals surface area contributed by atoms with Crippen LogP contribution in [0.1, 0.15) is 28.4 Å². The van der Waals surface area contributed by atoms with Crippen LogP contribution in [0.15, 0.2) is 60.8 Å². The van der Waals surface area contributed by atoms with Crippen molar-refractivity contribution in [3.8, 4) is 22.8 Å². The molecule has 1 aliphatic rings. The van der Waals surface area contributed by atoms with Crippen molar-refractivity contribution in [1.29, 1.82) is 0 Å². The summed E-state index contributed by atoms with van der Waals surface area (Å²) in [5.41, 5.74) is 9.80. The summed E-state index contributed by atoms with van der Waals surface area (Å²) in [6, 6.07) is 16.7. The molecule has 37 heavy (non-hydrogen) atoms. The molecule has 2 aromatic heterocycles. The monoisotopic (exact) mass is 501 g/mol. The van der Waals surface area contributed by atoms with Crippen molar-refractivity contribution >= 4 is 23.3 Å². The van der Waals surface area contributed by atoms with E-state index in [1.807, 2.05) is 36.4 Å². The second kappa shape index (κ2) is 10.6. The van der Waals surface area contributed by atoms with E-state index < -0.39 is 5.97 Å². The number of rotatable bonds is 9.